The van der Waals surface area contributed by atoms with Crippen LogP contribution in [-0.4, -0.2) is 38.5 Å². The Morgan fingerprint density at radius 1 is 1.11 bits per heavy atom. The van der Waals surface area contributed by atoms with Gasteiger partial charge in [-0.3, -0.25) is 18.7 Å². The molecule has 0 aliphatic carbocycles. The van der Waals surface area contributed by atoms with Crippen LogP contribution in [0.2, 0.25) is 0 Å². The number of fused-ring (bicyclic) bond motifs is 1. The topological polar surface area (TPSA) is 80.5 Å². The SMILES string of the molecule is Nc1ccc2c(c1)C(=O)N(C1CCS(=O)CC1)C2=O. The summed E-state index contributed by atoms with van der Waals surface area (Å²) in [5, 5.41) is 0. The number of rotatable bonds is 1. The molecule has 2 aliphatic rings. The molecule has 1 aromatic carbocycles. The molecule has 5 nitrogen and oxygen atoms in total. The summed E-state index contributed by atoms with van der Waals surface area (Å²) in [4.78, 5) is 25.9. The summed E-state index contributed by atoms with van der Waals surface area (Å²) in [5.74, 6) is 0.586. The Morgan fingerprint density at radius 3 is 2.42 bits per heavy atom. The number of hydrogen-bond acceptors (Lipinski definition) is 4. The van der Waals surface area contributed by atoms with Crippen molar-refractivity contribution in [3.8, 4) is 0 Å². The van der Waals surface area contributed by atoms with Crippen LogP contribution in [-0.2, 0) is 10.8 Å². The van der Waals surface area contributed by atoms with Crippen LogP contribution < -0.4 is 5.73 Å². The molecule has 6 heteroatoms. The first-order valence-corrected chi connectivity index (χ1v) is 7.69. The maximum absolute atomic E-state index is 12.3. The van der Waals surface area contributed by atoms with Crippen molar-refractivity contribution in [3.05, 3.63) is 29.3 Å². The Balaban J connectivity index is 1.92. The lowest BCUT2D eigenvalue weighted by Crippen LogP contribution is -2.43. The molecule has 3 rings (SSSR count). The van der Waals surface area contributed by atoms with E-state index in [0.717, 1.165) is 0 Å². The second kappa shape index (κ2) is 4.45. The number of nitrogens with zero attached hydrogens (tertiary/aromatic N) is 1. The zero-order valence-corrected chi connectivity index (χ0v) is 11.1. The lowest BCUT2D eigenvalue weighted by atomic mass is 10.1. The minimum absolute atomic E-state index is 0.133. The normalized spacial score (nSPS) is 26.6. The Kier molecular flexibility index (Phi) is 2.89. The van der Waals surface area contributed by atoms with Crippen LogP contribution in [0.25, 0.3) is 0 Å². The highest BCUT2D eigenvalue weighted by Gasteiger charge is 2.40. The van der Waals surface area contributed by atoms with Gasteiger partial charge < -0.3 is 5.73 Å². The van der Waals surface area contributed by atoms with Crippen LogP contribution in [0.4, 0.5) is 5.69 Å². The molecule has 1 saturated heterocycles. The molecule has 0 atom stereocenters. The van der Waals surface area contributed by atoms with Crippen LogP contribution in [0.15, 0.2) is 18.2 Å². The van der Waals surface area contributed by atoms with E-state index in [0.29, 0.717) is 41.2 Å². The molecule has 0 unspecified atom stereocenters. The maximum atomic E-state index is 12.3. The predicted molar refractivity (Wildman–Crippen MR) is 72.3 cm³/mol. The summed E-state index contributed by atoms with van der Waals surface area (Å²) < 4.78 is 11.4. The smallest absolute Gasteiger partial charge is 0.261 e. The minimum atomic E-state index is -0.807. The van der Waals surface area contributed by atoms with E-state index >= 15 is 0 Å². The average molecular weight is 278 g/mol. The lowest BCUT2D eigenvalue weighted by Gasteiger charge is -2.28. The van der Waals surface area contributed by atoms with Crippen LogP contribution >= 0.6 is 0 Å². The van der Waals surface area contributed by atoms with Crippen LogP contribution in [0.1, 0.15) is 33.6 Å². The molecule has 2 N–H and O–H groups in total. The number of anilines is 1. The monoisotopic (exact) mass is 278 g/mol. The number of nitrogens with two attached hydrogens (primary N) is 1. The van der Waals surface area contributed by atoms with E-state index in [1.54, 1.807) is 18.2 Å². The largest absolute Gasteiger partial charge is 0.399 e. The molecular formula is C13H14N2O3S. The number of benzene rings is 1. The first-order valence-electron chi connectivity index (χ1n) is 6.20. The van der Waals surface area contributed by atoms with Crippen molar-refractivity contribution in [2.75, 3.05) is 17.2 Å². The van der Waals surface area contributed by atoms with Crippen LogP contribution in [0, 0.1) is 0 Å². The molecule has 0 spiro atoms. The predicted octanol–water partition coefficient (Wildman–Crippen LogP) is 0.776. The third kappa shape index (κ3) is 1.96. The van der Waals surface area contributed by atoms with Gasteiger partial charge in [-0.1, -0.05) is 0 Å². The highest BCUT2D eigenvalue weighted by molar-refractivity contribution is 7.85. The number of carbonyl (C=O) groups is 2. The fourth-order valence-corrected chi connectivity index (χ4v) is 3.92. The van der Waals surface area contributed by atoms with Gasteiger partial charge >= 0.3 is 0 Å². The molecule has 1 aromatic rings. The average Bonchev–Trinajstić information content (AvgIpc) is 2.63. The van der Waals surface area contributed by atoms with E-state index in [9.17, 15) is 13.8 Å². The van der Waals surface area contributed by atoms with Crippen molar-refractivity contribution in [1.29, 1.82) is 0 Å². The molecule has 100 valence electrons. The number of imide groups is 1. The van der Waals surface area contributed by atoms with Crippen molar-refractivity contribution < 1.29 is 13.8 Å². The van der Waals surface area contributed by atoms with Gasteiger partial charge in [0.05, 0.1) is 11.1 Å². The van der Waals surface area contributed by atoms with Crippen molar-refractivity contribution in [3.63, 3.8) is 0 Å². The van der Waals surface area contributed by atoms with Gasteiger partial charge in [-0.2, -0.15) is 0 Å². The molecule has 2 aliphatic heterocycles. The maximum Gasteiger partial charge on any atom is 0.261 e. The van der Waals surface area contributed by atoms with Gasteiger partial charge in [-0.25, -0.2) is 0 Å². The molecule has 0 saturated carbocycles. The first-order chi connectivity index (χ1) is 9.08. The zero-order valence-electron chi connectivity index (χ0n) is 10.3. The lowest BCUT2D eigenvalue weighted by molar-refractivity contribution is 0.0575. The number of amides is 2. The van der Waals surface area contributed by atoms with Crippen molar-refractivity contribution in [2.24, 2.45) is 0 Å². The summed E-state index contributed by atoms with van der Waals surface area (Å²) in [5.41, 5.74) is 6.94. The molecule has 1 fully saturated rings. The van der Waals surface area contributed by atoms with Gasteiger partial charge in [0.1, 0.15) is 0 Å². The Bertz CT molecular complexity index is 590. The first kappa shape index (κ1) is 12.3. The third-order valence-corrected chi connectivity index (χ3v) is 5.05. The second-order valence-corrected chi connectivity index (χ2v) is 6.56. The highest BCUT2D eigenvalue weighted by Crippen LogP contribution is 2.29. The summed E-state index contributed by atoms with van der Waals surface area (Å²) in [6.45, 7) is 0. The number of nitrogen functional groups attached to an aromatic ring is 1. The van der Waals surface area contributed by atoms with E-state index in [1.165, 1.54) is 4.90 Å². The van der Waals surface area contributed by atoms with E-state index in [2.05, 4.69) is 0 Å². The second-order valence-electron chi connectivity index (χ2n) is 4.86. The zero-order chi connectivity index (χ0) is 13.6. The van der Waals surface area contributed by atoms with Crippen molar-refractivity contribution >= 4 is 28.3 Å². The molecule has 0 aromatic heterocycles. The van der Waals surface area contributed by atoms with Crippen molar-refractivity contribution in [2.45, 2.75) is 18.9 Å². The number of carbonyl (C=O) groups excluding carboxylic acids is 2. The third-order valence-electron chi connectivity index (χ3n) is 3.66. The van der Waals surface area contributed by atoms with Gasteiger partial charge in [0, 0.05) is 34.0 Å². The summed E-state index contributed by atoms with van der Waals surface area (Å²) in [6, 6.07) is 4.65. The van der Waals surface area contributed by atoms with Gasteiger partial charge in [-0.15, -0.1) is 0 Å². The van der Waals surface area contributed by atoms with E-state index in [1.807, 2.05) is 0 Å². The summed E-state index contributed by atoms with van der Waals surface area (Å²) in [6.07, 6.45) is 1.24. The number of hydrogen-bond donors (Lipinski definition) is 1. The van der Waals surface area contributed by atoms with E-state index < -0.39 is 10.8 Å². The van der Waals surface area contributed by atoms with Gasteiger partial charge in [0.15, 0.2) is 0 Å². The fraction of sp³-hybridized carbons (Fsp3) is 0.385. The summed E-state index contributed by atoms with van der Waals surface area (Å²) in [7, 11) is -0.807. The van der Waals surface area contributed by atoms with Crippen molar-refractivity contribution in [1.82, 2.24) is 4.90 Å². The van der Waals surface area contributed by atoms with Gasteiger partial charge in [0.2, 0.25) is 0 Å². The minimum Gasteiger partial charge on any atom is -0.399 e. The Hall–Kier alpha value is -1.69. The van der Waals surface area contributed by atoms with Gasteiger partial charge in [0.25, 0.3) is 11.8 Å². The molecule has 2 amide bonds. The van der Waals surface area contributed by atoms with Gasteiger partial charge in [-0.05, 0) is 31.0 Å². The standard InChI is InChI=1S/C13H14N2O3S/c14-8-1-2-10-11(7-8)13(17)15(12(10)16)9-3-5-19(18)6-4-9/h1-2,7,9H,3-6,14H2. The van der Waals surface area contributed by atoms with E-state index in [4.69, 9.17) is 5.73 Å². The summed E-state index contributed by atoms with van der Waals surface area (Å²) >= 11 is 0. The quantitative estimate of drug-likeness (QED) is 0.608. The Labute approximate surface area is 113 Å². The van der Waals surface area contributed by atoms with E-state index in [-0.39, 0.29) is 17.9 Å². The molecule has 2 heterocycles. The molecular weight excluding hydrogens is 264 g/mol. The molecule has 0 radical (unpaired) electrons. The van der Waals surface area contributed by atoms with Crippen LogP contribution in [0.5, 0.6) is 0 Å². The molecule has 0 bridgehead atoms. The van der Waals surface area contributed by atoms with Crippen LogP contribution in [0.3, 0.4) is 0 Å². The molecule has 19 heavy (non-hydrogen) atoms. The highest BCUT2D eigenvalue weighted by atomic mass is 32.2. The fourth-order valence-electron chi connectivity index (χ4n) is 2.65. The Morgan fingerprint density at radius 2 is 1.74 bits per heavy atom.